The Balaban J connectivity index is 1.74. The average molecular weight is 410 g/mol. The maximum Gasteiger partial charge on any atom is 0.142 e. The van der Waals surface area contributed by atoms with Crippen LogP contribution in [-0.2, 0) is 12.8 Å². The number of nitrogens with one attached hydrogen (secondary N) is 1. The van der Waals surface area contributed by atoms with Gasteiger partial charge in [0.2, 0.25) is 0 Å². The minimum absolute atomic E-state index is 0.557. The molecular formula is C22H20ClN3OS. The summed E-state index contributed by atoms with van der Waals surface area (Å²) in [6, 6.07) is 18.1. The number of hydrogen-bond acceptors (Lipinski definition) is 5. The number of thiophene rings is 1. The van der Waals surface area contributed by atoms with Gasteiger partial charge in [0.05, 0.1) is 17.5 Å². The second kappa shape index (κ2) is 8.17. The highest BCUT2D eigenvalue weighted by molar-refractivity contribution is 7.18. The topological polar surface area (TPSA) is 47.0 Å². The zero-order valence-electron chi connectivity index (χ0n) is 15.7. The SMILES string of the molecule is CCc1cc2c(Nc3ccc(OC)c(Cl)c3)nc(Cc3ccccc3)nc2s1. The third-order valence-electron chi connectivity index (χ3n) is 4.46. The summed E-state index contributed by atoms with van der Waals surface area (Å²) in [6.45, 7) is 2.15. The molecule has 4 aromatic rings. The number of anilines is 2. The number of benzene rings is 2. The molecule has 4 rings (SSSR count). The van der Waals surface area contributed by atoms with Gasteiger partial charge in [0, 0.05) is 17.0 Å². The first-order chi connectivity index (χ1) is 13.7. The van der Waals surface area contributed by atoms with Gasteiger partial charge in [-0.1, -0.05) is 48.9 Å². The Bertz CT molecular complexity index is 1110. The smallest absolute Gasteiger partial charge is 0.142 e. The van der Waals surface area contributed by atoms with E-state index in [1.807, 2.05) is 36.4 Å². The molecule has 0 amide bonds. The number of halogens is 1. The zero-order chi connectivity index (χ0) is 19.5. The van der Waals surface area contributed by atoms with E-state index in [1.165, 1.54) is 10.4 Å². The fourth-order valence-corrected chi connectivity index (χ4v) is 4.27. The van der Waals surface area contributed by atoms with Gasteiger partial charge in [-0.25, -0.2) is 9.97 Å². The molecule has 0 aliphatic carbocycles. The van der Waals surface area contributed by atoms with E-state index in [-0.39, 0.29) is 0 Å². The lowest BCUT2D eigenvalue weighted by atomic mass is 10.1. The summed E-state index contributed by atoms with van der Waals surface area (Å²) in [5.41, 5.74) is 2.05. The first kappa shape index (κ1) is 18.7. The predicted octanol–water partition coefficient (Wildman–Crippen LogP) is 6.25. The molecule has 0 aliphatic heterocycles. The molecule has 0 saturated carbocycles. The molecule has 0 bridgehead atoms. The molecular weight excluding hydrogens is 390 g/mol. The summed E-state index contributed by atoms with van der Waals surface area (Å²) < 4.78 is 5.24. The van der Waals surface area contributed by atoms with Crippen molar-refractivity contribution in [3.63, 3.8) is 0 Å². The van der Waals surface area contributed by atoms with Crippen LogP contribution in [-0.4, -0.2) is 17.1 Å². The Morgan fingerprint density at radius 2 is 1.89 bits per heavy atom. The molecule has 1 N–H and O–H groups in total. The molecule has 0 fully saturated rings. The Labute approximate surface area is 173 Å². The summed E-state index contributed by atoms with van der Waals surface area (Å²) in [5.74, 6) is 2.24. The van der Waals surface area contributed by atoms with Gasteiger partial charge in [-0.2, -0.15) is 0 Å². The zero-order valence-corrected chi connectivity index (χ0v) is 17.3. The molecule has 0 atom stereocenters. The van der Waals surface area contributed by atoms with Crippen molar-refractivity contribution in [2.45, 2.75) is 19.8 Å². The van der Waals surface area contributed by atoms with Crippen molar-refractivity contribution < 1.29 is 4.74 Å². The first-order valence-corrected chi connectivity index (χ1v) is 10.3. The highest BCUT2D eigenvalue weighted by Crippen LogP contribution is 2.33. The molecule has 6 heteroatoms. The fourth-order valence-electron chi connectivity index (χ4n) is 3.02. The van der Waals surface area contributed by atoms with E-state index in [0.29, 0.717) is 17.2 Å². The van der Waals surface area contributed by atoms with E-state index in [1.54, 1.807) is 18.4 Å². The standard InChI is InChI=1S/C22H20ClN3OS/c1-3-16-13-17-21(24-15-9-10-19(27-2)18(23)12-15)25-20(26-22(17)28-16)11-14-7-5-4-6-8-14/h4-10,12-13H,3,11H2,1-2H3,(H,24,25,26). The molecule has 2 aromatic heterocycles. The van der Waals surface area contributed by atoms with Gasteiger partial charge >= 0.3 is 0 Å². The van der Waals surface area contributed by atoms with E-state index < -0.39 is 0 Å². The van der Waals surface area contributed by atoms with Crippen molar-refractivity contribution in [1.29, 1.82) is 0 Å². The molecule has 0 aliphatic rings. The highest BCUT2D eigenvalue weighted by atomic mass is 35.5. The molecule has 28 heavy (non-hydrogen) atoms. The van der Waals surface area contributed by atoms with Crippen LogP contribution in [0.15, 0.2) is 54.6 Å². The van der Waals surface area contributed by atoms with Crippen LogP contribution in [0.5, 0.6) is 5.75 Å². The van der Waals surface area contributed by atoms with Crippen LogP contribution >= 0.6 is 22.9 Å². The lowest BCUT2D eigenvalue weighted by Gasteiger charge is -2.11. The van der Waals surface area contributed by atoms with Crippen LogP contribution in [0.3, 0.4) is 0 Å². The molecule has 142 valence electrons. The molecule has 0 saturated heterocycles. The minimum Gasteiger partial charge on any atom is -0.495 e. The number of methoxy groups -OCH3 is 1. The lowest BCUT2D eigenvalue weighted by molar-refractivity contribution is 0.415. The number of nitrogens with zero attached hydrogens (tertiary/aromatic N) is 2. The Hall–Kier alpha value is -2.63. The van der Waals surface area contributed by atoms with Crippen LogP contribution in [0.4, 0.5) is 11.5 Å². The van der Waals surface area contributed by atoms with Crippen LogP contribution in [0.1, 0.15) is 23.2 Å². The maximum absolute atomic E-state index is 6.28. The quantitative estimate of drug-likeness (QED) is 0.408. The molecule has 4 nitrogen and oxygen atoms in total. The normalized spacial score (nSPS) is 11.0. The van der Waals surface area contributed by atoms with Crippen LogP contribution in [0.25, 0.3) is 10.2 Å². The van der Waals surface area contributed by atoms with E-state index in [0.717, 1.165) is 34.0 Å². The molecule has 2 heterocycles. The van der Waals surface area contributed by atoms with Gasteiger partial charge in [-0.15, -0.1) is 11.3 Å². The van der Waals surface area contributed by atoms with Crippen molar-refractivity contribution >= 4 is 44.7 Å². The maximum atomic E-state index is 6.28. The number of fused-ring (bicyclic) bond motifs is 1. The summed E-state index contributed by atoms with van der Waals surface area (Å²) in [6.07, 6.45) is 1.66. The average Bonchev–Trinajstić information content (AvgIpc) is 3.12. The minimum atomic E-state index is 0.557. The van der Waals surface area contributed by atoms with Gasteiger partial charge in [0.15, 0.2) is 0 Å². The third-order valence-corrected chi connectivity index (χ3v) is 5.93. The summed E-state index contributed by atoms with van der Waals surface area (Å²) >= 11 is 8.00. The number of hydrogen-bond donors (Lipinski definition) is 1. The van der Waals surface area contributed by atoms with Crippen LogP contribution in [0, 0.1) is 0 Å². The first-order valence-electron chi connectivity index (χ1n) is 9.10. The van der Waals surface area contributed by atoms with Crippen molar-refractivity contribution in [1.82, 2.24) is 9.97 Å². The largest absolute Gasteiger partial charge is 0.495 e. The Morgan fingerprint density at radius 3 is 2.61 bits per heavy atom. The number of rotatable bonds is 6. The van der Waals surface area contributed by atoms with E-state index in [4.69, 9.17) is 26.3 Å². The summed E-state index contributed by atoms with van der Waals surface area (Å²) in [5, 5.41) is 5.01. The number of aryl methyl sites for hydroxylation is 1. The molecule has 0 radical (unpaired) electrons. The second-order valence-electron chi connectivity index (χ2n) is 6.41. The predicted molar refractivity (Wildman–Crippen MR) is 117 cm³/mol. The van der Waals surface area contributed by atoms with Crippen LogP contribution < -0.4 is 10.1 Å². The van der Waals surface area contributed by atoms with E-state index in [2.05, 4.69) is 30.4 Å². The molecule has 2 aromatic carbocycles. The van der Waals surface area contributed by atoms with Gasteiger partial charge in [0.25, 0.3) is 0 Å². The third kappa shape index (κ3) is 3.96. The monoisotopic (exact) mass is 409 g/mol. The van der Waals surface area contributed by atoms with Crippen molar-refractivity contribution in [2.24, 2.45) is 0 Å². The van der Waals surface area contributed by atoms with Crippen LogP contribution in [0.2, 0.25) is 5.02 Å². The van der Waals surface area contributed by atoms with Crippen molar-refractivity contribution in [3.8, 4) is 5.75 Å². The van der Waals surface area contributed by atoms with E-state index in [9.17, 15) is 0 Å². The van der Waals surface area contributed by atoms with Crippen molar-refractivity contribution in [2.75, 3.05) is 12.4 Å². The van der Waals surface area contributed by atoms with E-state index >= 15 is 0 Å². The summed E-state index contributed by atoms with van der Waals surface area (Å²) in [7, 11) is 1.61. The fraction of sp³-hybridized carbons (Fsp3) is 0.182. The van der Waals surface area contributed by atoms with Gasteiger partial charge < -0.3 is 10.1 Å². The van der Waals surface area contributed by atoms with Gasteiger partial charge in [-0.05, 0) is 36.2 Å². The lowest BCUT2D eigenvalue weighted by Crippen LogP contribution is -2.01. The van der Waals surface area contributed by atoms with Gasteiger partial charge in [0.1, 0.15) is 22.2 Å². The number of aromatic nitrogens is 2. The molecule has 0 unspecified atom stereocenters. The van der Waals surface area contributed by atoms with Gasteiger partial charge in [-0.3, -0.25) is 0 Å². The second-order valence-corrected chi connectivity index (χ2v) is 7.93. The highest BCUT2D eigenvalue weighted by Gasteiger charge is 2.13. The number of ether oxygens (including phenoxy) is 1. The van der Waals surface area contributed by atoms with Crippen molar-refractivity contribution in [3.05, 3.63) is 75.9 Å². The summed E-state index contributed by atoms with van der Waals surface area (Å²) in [4.78, 5) is 11.9. The Morgan fingerprint density at radius 1 is 1.07 bits per heavy atom. The Kier molecular flexibility index (Phi) is 5.46. The molecule has 0 spiro atoms.